The molecule has 4 rings (SSSR count). The maximum absolute atomic E-state index is 13.9. The summed E-state index contributed by atoms with van der Waals surface area (Å²) in [6, 6.07) is 6.95. The van der Waals surface area contributed by atoms with Crippen molar-refractivity contribution in [3.05, 3.63) is 35.8 Å². The molecule has 1 saturated carbocycles. The molecule has 0 radical (unpaired) electrons. The van der Waals surface area contributed by atoms with Crippen molar-refractivity contribution in [3.63, 3.8) is 0 Å². The molecule has 0 bridgehead atoms. The zero-order valence-corrected chi connectivity index (χ0v) is 15.3. The summed E-state index contributed by atoms with van der Waals surface area (Å²) in [5, 5.41) is 13.3. The molecule has 1 aliphatic heterocycles. The molecule has 2 aromatic rings. The Labute approximate surface area is 157 Å². The Hall–Kier alpha value is -2.48. The number of carbonyl (C=O) groups is 1. The third-order valence-corrected chi connectivity index (χ3v) is 5.57. The molecule has 1 saturated heterocycles. The SMILES string of the molecule is O=C(c1n[nH]nc1Nc1ccccc1F)N1CCN(C2CCCCC2)CC1. The molecule has 144 valence electrons. The van der Waals surface area contributed by atoms with Gasteiger partial charge in [0.25, 0.3) is 5.91 Å². The standard InChI is InChI=1S/C19H25FN6O/c20-15-8-4-5-9-16(15)21-18-17(22-24-23-18)19(27)26-12-10-25(11-13-26)14-6-2-1-3-7-14/h4-5,8-9,14H,1-3,6-7,10-13H2,(H2,21,22,23,24). The molecule has 0 unspecified atom stereocenters. The lowest BCUT2D eigenvalue weighted by Gasteiger charge is -2.40. The number of piperazine rings is 1. The minimum absolute atomic E-state index is 0.175. The van der Waals surface area contributed by atoms with Crippen LogP contribution >= 0.6 is 0 Å². The lowest BCUT2D eigenvalue weighted by atomic mass is 9.94. The second kappa shape index (κ2) is 8.04. The smallest absolute Gasteiger partial charge is 0.278 e. The molecule has 2 N–H and O–H groups in total. The van der Waals surface area contributed by atoms with Gasteiger partial charge in [-0.2, -0.15) is 5.21 Å². The number of halogens is 1. The highest BCUT2D eigenvalue weighted by atomic mass is 19.1. The maximum Gasteiger partial charge on any atom is 0.278 e. The number of anilines is 2. The van der Waals surface area contributed by atoms with E-state index in [1.54, 1.807) is 18.2 Å². The Morgan fingerprint density at radius 1 is 1.07 bits per heavy atom. The molecule has 0 spiro atoms. The Morgan fingerprint density at radius 2 is 1.81 bits per heavy atom. The normalized spacial score (nSPS) is 19.2. The summed E-state index contributed by atoms with van der Waals surface area (Å²) in [4.78, 5) is 17.2. The average Bonchev–Trinajstić information content (AvgIpc) is 3.18. The van der Waals surface area contributed by atoms with E-state index in [4.69, 9.17) is 0 Å². The molecular formula is C19H25FN6O. The third kappa shape index (κ3) is 3.95. The molecule has 2 fully saturated rings. The highest BCUT2D eigenvalue weighted by molar-refractivity contribution is 5.97. The monoisotopic (exact) mass is 372 g/mol. The number of carbonyl (C=O) groups excluding carboxylic acids is 1. The first-order chi connectivity index (χ1) is 13.2. The number of para-hydroxylation sites is 1. The van der Waals surface area contributed by atoms with E-state index in [0.717, 1.165) is 13.1 Å². The van der Waals surface area contributed by atoms with Crippen LogP contribution in [0.4, 0.5) is 15.9 Å². The lowest BCUT2D eigenvalue weighted by molar-refractivity contribution is 0.0519. The Kier molecular flexibility index (Phi) is 5.33. The lowest BCUT2D eigenvalue weighted by Crippen LogP contribution is -2.52. The first kappa shape index (κ1) is 17.9. The number of H-pyrrole nitrogens is 1. The second-order valence-electron chi connectivity index (χ2n) is 7.25. The van der Waals surface area contributed by atoms with Gasteiger partial charge < -0.3 is 10.2 Å². The van der Waals surface area contributed by atoms with Gasteiger partial charge in [-0.15, -0.1) is 10.2 Å². The van der Waals surface area contributed by atoms with Crippen molar-refractivity contribution in [1.82, 2.24) is 25.2 Å². The number of benzene rings is 1. The van der Waals surface area contributed by atoms with E-state index in [1.165, 1.54) is 38.2 Å². The van der Waals surface area contributed by atoms with E-state index >= 15 is 0 Å². The number of rotatable bonds is 4. The summed E-state index contributed by atoms with van der Waals surface area (Å²) >= 11 is 0. The quantitative estimate of drug-likeness (QED) is 0.863. The minimum atomic E-state index is -0.403. The summed E-state index contributed by atoms with van der Waals surface area (Å²) in [6.07, 6.45) is 6.52. The first-order valence-electron chi connectivity index (χ1n) is 9.68. The minimum Gasteiger partial charge on any atom is -0.335 e. The number of aromatic amines is 1. The largest absolute Gasteiger partial charge is 0.335 e. The second-order valence-corrected chi connectivity index (χ2v) is 7.25. The van der Waals surface area contributed by atoms with Gasteiger partial charge >= 0.3 is 0 Å². The molecule has 0 atom stereocenters. The number of aromatic nitrogens is 3. The average molecular weight is 372 g/mol. The summed E-state index contributed by atoms with van der Waals surface area (Å²) in [6.45, 7) is 3.15. The molecule has 8 heteroatoms. The summed E-state index contributed by atoms with van der Waals surface area (Å²) in [5.41, 5.74) is 0.465. The van der Waals surface area contributed by atoms with Crippen LogP contribution in [0.25, 0.3) is 0 Å². The Bertz CT molecular complexity index is 780. The Morgan fingerprint density at radius 3 is 2.56 bits per heavy atom. The van der Waals surface area contributed by atoms with Crippen molar-refractivity contribution in [2.24, 2.45) is 0 Å². The fourth-order valence-electron chi connectivity index (χ4n) is 4.04. The van der Waals surface area contributed by atoms with Crippen LogP contribution in [-0.4, -0.2) is 63.3 Å². The van der Waals surface area contributed by atoms with Crippen molar-refractivity contribution >= 4 is 17.4 Å². The van der Waals surface area contributed by atoms with E-state index in [1.807, 2.05) is 4.90 Å². The van der Waals surface area contributed by atoms with Gasteiger partial charge in [0.05, 0.1) is 5.69 Å². The van der Waals surface area contributed by atoms with Gasteiger partial charge in [0.2, 0.25) is 0 Å². The van der Waals surface area contributed by atoms with E-state index in [0.29, 0.717) is 19.1 Å². The van der Waals surface area contributed by atoms with Gasteiger partial charge in [-0.1, -0.05) is 31.4 Å². The van der Waals surface area contributed by atoms with Crippen LogP contribution in [0.3, 0.4) is 0 Å². The highest BCUT2D eigenvalue weighted by Crippen LogP contribution is 2.25. The number of amides is 1. The molecule has 1 aliphatic carbocycles. The summed E-state index contributed by atoms with van der Waals surface area (Å²) in [7, 11) is 0. The molecule has 1 aromatic heterocycles. The van der Waals surface area contributed by atoms with Crippen molar-refractivity contribution in [2.45, 2.75) is 38.1 Å². The zero-order chi connectivity index (χ0) is 18.6. The maximum atomic E-state index is 13.9. The van der Waals surface area contributed by atoms with Gasteiger partial charge in [-0.25, -0.2) is 4.39 Å². The molecule has 1 aromatic carbocycles. The van der Waals surface area contributed by atoms with Gasteiger partial charge in [-0.3, -0.25) is 9.69 Å². The predicted molar refractivity (Wildman–Crippen MR) is 100 cm³/mol. The van der Waals surface area contributed by atoms with Crippen LogP contribution in [-0.2, 0) is 0 Å². The van der Waals surface area contributed by atoms with Gasteiger partial charge in [-0.05, 0) is 25.0 Å². The van der Waals surface area contributed by atoms with Gasteiger partial charge in [0.1, 0.15) is 5.82 Å². The fourth-order valence-corrected chi connectivity index (χ4v) is 4.04. The number of nitrogens with zero attached hydrogens (tertiary/aromatic N) is 4. The molecule has 2 aliphatic rings. The number of nitrogens with one attached hydrogen (secondary N) is 2. The molecule has 2 heterocycles. The van der Waals surface area contributed by atoms with Crippen LogP contribution in [0.1, 0.15) is 42.6 Å². The molecular weight excluding hydrogens is 347 g/mol. The van der Waals surface area contributed by atoms with E-state index in [-0.39, 0.29) is 23.1 Å². The predicted octanol–water partition coefficient (Wildman–Crippen LogP) is 2.78. The first-order valence-corrected chi connectivity index (χ1v) is 9.68. The van der Waals surface area contributed by atoms with Crippen LogP contribution in [0.15, 0.2) is 24.3 Å². The van der Waals surface area contributed by atoms with Crippen molar-refractivity contribution < 1.29 is 9.18 Å². The van der Waals surface area contributed by atoms with Gasteiger partial charge in [0, 0.05) is 32.2 Å². The van der Waals surface area contributed by atoms with Crippen LogP contribution < -0.4 is 5.32 Å². The fraction of sp³-hybridized carbons (Fsp3) is 0.526. The van der Waals surface area contributed by atoms with E-state index < -0.39 is 5.82 Å². The van der Waals surface area contributed by atoms with Gasteiger partial charge in [0.15, 0.2) is 11.5 Å². The molecule has 27 heavy (non-hydrogen) atoms. The van der Waals surface area contributed by atoms with Crippen LogP contribution in [0, 0.1) is 5.82 Å². The number of hydrogen-bond acceptors (Lipinski definition) is 5. The third-order valence-electron chi connectivity index (χ3n) is 5.57. The summed E-state index contributed by atoms with van der Waals surface area (Å²) in [5.74, 6) is -0.328. The van der Waals surface area contributed by atoms with Crippen LogP contribution in [0.5, 0.6) is 0 Å². The van der Waals surface area contributed by atoms with Crippen molar-refractivity contribution in [3.8, 4) is 0 Å². The van der Waals surface area contributed by atoms with E-state index in [2.05, 4.69) is 25.6 Å². The topological polar surface area (TPSA) is 77.1 Å². The van der Waals surface area contributed by atoms with E-state index in [9.17, 15) is 9.18 Å². The number of hydrogen-bond donors (Lipinski definition) is 2. The van der Waals surface area contributed by atoms with Crippen molar-refractivity contribution in [2.75, 3.05) is 31.5 Å². The summed E-state index contributed by atoms with van der Waals surface area (Å²) < 4.78 is 13.9. The highest BCUT2D eigenvalue weighted by Gasteiger charge is 2.29. The Balaban J connectivity index is 1.39. The molecule has 1 amide bonds. The van der Waals surface area contributed by atoms with Crippen molar-refractivity contribution in [1.29, 1.82) is 0 Å². The van der Waals surface area contributed by atoms with Crippen LogP contribution in [0.2, 0.25) is 0 Å². The molecule has 7 nitrogen and oxygen atoms in total. The zero-order valence-electron chi connectivity index (χ0n) is 15.3.